The number of carbonyl (C=O) groups is 1. The minimum atomic E-state index is -2.94. The van der Waals surface area contributed by atoms with E-state index >= 15 is 0 Å². The Labute approximate surface area is 156 Å². The minimum absolute atomic E-state index is 0.0437. The lowest BCUT2D eigenvalue weighted by molar-refractivity contribution is -0.0499. The molecule has 0 bridgehead atoms. The van der Waals surface area contributed by atoms with Crippen LogP contribution in [0, 0.1) is 0 Å². The van der Waals surface area contributed by atoms with Crippen molar-refractivity contribution in [1.29, 1.82) is 0 Å². The van der Waals surface area contributed by atoms with E-state index in [1.165, 1.54) is 24.5 Å². The maximum absolute atomic E-state index is 13.0. The molecule has 0 unspecified atom stereocenters. The standard InChI is InChI=1S/C20H23F2NO4/c21-20(22)27-16-8-4-6-14(12-16)19(25)23-10-3-1-2-7-15(23)13-17(24)18-9-5-11-26-18/h4-6,8-9,11-12,15,17,20,24H,1-3,7,10,13H2/t15-,17+/m0/s1. The summed E-state index contributed by atoms with van der Waals surface area (Å²) in [5.41, 5.74) is 0.299. The fraction of sp³-hybridized carbons (Fsp3) is 0.450. The molecule has 0 aliphatic carbocycles. The van der Waals surface area contributed by atoms with Crippen LogP contribution in [0.3, 0.4) is 0 Å². The Morgan fingerprint density at radius 3 is 2.85 bits per heavy atom. The smallest absolute Gasteiger partial charge is 0.387 e. The van der Waals surface area contributed by atoms with Crippen molar-refractivity contribution in [2.24, 2.45) is 0 Å². The van der Waals surface area contributed by atoms with Crippen LogP contribution in [0.2, 0.25) is 0 Å². The number of likely N-dealkylation sites (tertiary alicyclic amines) is 1. The van der Waals surface area contributed by atoms with Crippen LogP contribution in [0.5, 0.6) is 5.75 Å². The maximum Gasteiger partial charge on any atom is 0.387 e. The van der Waals surface area contributed by atoms with Gasteiger partial charge in [-0.1, -0.05) is 18.9 Å². The molecule has 0 radical (unpaired) electrons. The fourth-order valence-electron chi connectivity index (χ4n) is 3.52. The van der Waals surface area contributed by atoms with Gasteiger partial charge in [0.25, 0.3) is 5.91 Å². The number of benzene rings is 1. The molecule has 1 amide bonds. The van der Waals surface area contributed by atoms with Gasteiger partial charge in [-0.05, 0) is 43.2 Å². The van der Waals surface area contributed by atoms with Crippen LogP contribution in [-0.2, 0) is 0 Å². The second-order valence-electron chi connectivity index (χ2n) is 6.67. The highest BCUT2D eigenvalue weighted by Gasteiger charge is 2.29. The maximum atomic E-state index is 13.0. The molecule has 0 saturated carbocycles. The van der Waals surface area contributed by atoms with E-state index in [1.54, 1.807) is 23.1 Å². The zero-order valence-corrected chi connectivity index (χ0v) is 14.9. The molecule has 27 heavy (non-hydrogen) atoms. The first-order valence-electron chi connectivity index (χ1n) is 9.12. The zero-order chi connectivity index (χ0) is 19.2. The van der Waals surface area contributed by atoms with Crippen LogP contribution in [0.4, 0.5) is 8.78 Å². The van der Waals surface area contributed by atoms with Crippen molar-refractivity contribution in [2.75, 3.05) is 6.54 Å². The number of nitrogens with zero attached hydrogens (tertiary/aromatic N) is 1. The normalized spacial score (nSPS) is 19.0. The third-order valence-electron chi connectivity index (χ3n) is 4.81. The van der Waals surface area contributed by atoms with E-state index in [4.69, 9.17) is 4.42 Å². The van der Waals surface area contributed by atoms with Gasteiger partial charge in [-0.2, -0.15) is 8.78 Å². The van der Waals surface area contributed by atoms with Crippen LogP contribution in [-0.4, -0.2) is 35.1 Å². The summed E-state index contributed by atoms with van der Waals surface area (Å²) in [6, 6.07) is 9.10. The molecule has 1 aliphatic rings. The molecule has 3 rings (SSSR count). The summed E-state index contributed by atoms with van der Waals surface area (Å²) in [4.78, 5) is 14.8. The summed E-state index contributed by atoms with van der Waals surface area (Å²) in [6.07, 6.45) is 4.69. The van der Waals surface area contributed by atoms with Crippen LogP contribution < -0.4 is 4.74 Å². The largest absolute Gasteiger partial charge is 0.467 e. The van der Waals surface area contributed by atoms with Crippen molar-refractivity contribution >= 4 is 5.91 Å². The van der Waals surface area contributed by atoms with E-state index in [0.717, 1.165) is 25.7 Å². The third kappa shape index (κ3) is 5.07. The van der Waals surface area contributed by atoms with E-state index in [-0.39, 0.29) is 17.7 Å². The van der Waals surface area contributed by atoms with Gasteiger partial charge in [-0.3, -0.25) is 4.79 Å². The highest BCUT2D eigenvalue weighted by Crippen LogP contribution is 2.28. The molecule has 146 valence electrons. The summed E-state index contributed by atoms with van der Waals surface area (Å²) >= 11 is 0. The lowest BCUT2D eigenvalue weighted by atomic mass is 10.0. The van der Waals surface area contributed by atoms with Gasteiger partial charge in [0.15, 0.2) is 0 Å². The predicted molar refractivity (Wildman–Crippen MR) is 94.7 cm³/mol. The van der Waals surface area contributed by atoms with Crippen molar-refractivity contribution in [1.82, 2.24) is 4.90 Å². The number of halogens is 2. The zero-order valence-electron chi connectivity index (χ0n) is 14.9. The quantitative estimate of drug-likeness (QED) is 0.809. The summed E-state index contributed by atoms with van der Waals surface area (Å²) in [5, 5.41) is 10.4. The Morgan fingerprint density at radius 2 is 2.11 bits per heavy atom. The molecule has 2 heterocycles. The molecule has 0 spiro atoms. The number of aliphatic hydroxyl groups excluding tert-OH is 1. The summed E-state index contributed by atoms with van der Waals surface area (Å²) in [5.74, 6) is 0.185. The number of ether oxygens (including phenoxy) is 1. The van der Waals surface area contributed by atoms with Crippen molar-refractivity contribution in [3.63, 3.8) is 0 Å². The number of hydrogen-bond donors (Lipinski definition) is 1. The van der Waals surface area contributed by atoms with Crippen molar-refractivity contribution in [3.8, 4) is 5.75 Å². The summed E-state index contributed by atoms with van der Waals surface area (Å²) < 4.78 is 34.6. The molecular formula is C20H23F2NO4. The minimum Gasteiger partial charge on any atom is -0.467 e. The molecule has 7 heteroatoms. The van der Waals surface area contributed by atoms with Gasteiger partial charge in [0.1, 0.15) is 17.6 Å². The predicted octanol–water partition coefficient (Wildman–Crippen LogP) is 4.39. The van der Waals surface area contributed by atoms with Gasteiger partial charge in [-0.15, -0.1) is 0 Å². The average Bonchev–Trinajstić information content (AvgIpc) is 3.09. The van der Waals surface area contributed by atoms with Gasteiger partial charge >= 0.3 is 6.61 Å². The second kappa shape index (κ2) is 8.99. The Hall–Kier alpha value is -2.41. The van der Waals surface area contributed by atoms with E-state index in [9.17, 15) is 18.7 Å². The Kier molecular flexibility index (Phi) is 6.45. The third-order valence-corrected chi connectivity index (χ3v) is 4.81. The number of rotatable bonds is 6. The fourth-order valence-corrected chi connectivity index (χ4v) is 3.52. The lowest BCUT2D eigenvalue weighted by Gasteiger charge is -2.31. The second-order valence-corrected chi connectivity index (χ2v) is 6.67. The first-order chi connectivity index (χ1) is 13.0. The molecule has 1 fully saturated rings. The SMILES string of the molecule is O=C(c1cccc(OC(F)F)c1)N1CCCCC[C@H]1C[C@@H](O)c1ccco1. The molecule has 1 saturated heterocycles. The first kappa shape index (κ1) is 19.4. The highest BCUT2D eigenvalue weighted by atomic mass is 19.3. The summed E-state index contributed by atoms with van der Waals surface area (Å²) in [6.45, 7) is -2.38. The Morgan fingerprint density at radius 1 is 1.26 bits per heavy atom. The van der Waals surface area contributed by atoms with Gasteiger partial charge in [-0.25, -0.2) is 0 Å². The Balaban J connectivity index is 1.77. The van der Waals surface area contributed by atoms with E-state index in [1.807, 2.05) is 0 Å². The monoisotopic (exact) mass is 379 g/mol. The van der Waals surface area contributed by atoms with E-state index < -0.39 is 12.7 Å². The molecule has 1 aliphatic heterocycles. The number of alkyl halides is 2. The molecular weight excluding hydrogens is 356 g/mol. The topological polar surface area (TPSA) is 62.9 Å². The van der Waals surface area contributed by atoms with Crippen LogP contribution >= 0.6 is 0 Å². The number of amides is 1. The number of furan rings is 1. The molecule has 5 nitrogen and oxygen atoms in total. The Bertz CT molecular complexity index is 735. The van der Waals surface area contributed by atoms with Gasteiger partial charge < -0.3 is 19.2 Å². The average molecular weight is 379 g/mol. The number of carbonyl (C=O) groups excluding carboxylic acids is 1. The van der Waals surface area contributed by atoms with Crippen molar-refractivity contribution < 1.29 is 27.8 Å². The van der Waals surface area contributed by atoms with E-state index in [0.29, 0.717) is 24.3 Å². The molecule has 1 aromatic heterocycles. The van der Waals surface area contributed by atoms with Gasteiger partial charge in [0.2, 0.25) is 0 Å². The van der Waals surface area contributed by atoms with Crippen molar-refractivity contribution in [2.45, 2.75) is 50.9 Å². The number of aliphatic hydroxyl groups is 1. The van der Waals surface area contributed by atoms with Crippen LogP contribution in [0.1, 0.15) is 54.3 Å². The van der Waals surface area contributed by atoms with E-state index in [2.05, 4.69) is 4.74 Å². The van der Waals surface area contributed by atoms with Gasteiger partial charge in [0.05, 0.1) is 6.26 Å². The van der Waals surface area contributed by atoms with Crippen molar-refractivity contribution in [3.05, 3.63) is 54.0 Å². The molecule has 2 atom stereocenters. The lowest BCUT2D eigenvalue weighted by Crippen LogP contribution is -2.40. The number of hydrogen-bond acceptors (Lipinski definition) is 4. The summed E-state index contributed by atoms with van der Waals surface area (Å²) in [7, 11) is 0. The van der Waals surface area contributed by atoms with Crippen LogP contribution in [0.25, 0.3) is 0 Å². The molecule has 2 aromatic rings. The first-order valence-corrected chi connectivity index (χ1v) is 9.12. The van der Waals surface area contributed by atoms with Gasteiger partial charge in [0, 0.05) is 24.6 Å². The molecule has 1 aromatic carbocycles. The van der Waals surface area contributed by atoms with Crippen LogP contribution in [0.15, 0.2) is 47.1 Å². The highest BCUT2D eigenvalue weighted by molar-refractivity contribution is 5.94. The molecule has 1 N–H and O–H groups in total.